The van der Waals surface area contributed by atoms with Crippen molar-refractivity contribution in [3.8, 4) is 5.88 Å². The molecule has 0 aliphatic carbocycles. The Hall–Kier alpha value is -1.89. The van der Waals surface area contributed by atoms with Crippen LogP contribution in [0.4, 0.5) is 11.6 Å². The first-order valence-corrected chi connectivity index (χ1v) is 8.83. The highest BCUT2D eigenvalue weighted by Crippen LogP contribution is 2.27. The van der Waals surface area contributed by atoms with E-state index < -0.39 is 0 Å². The van der Waals surface area contributed by atoms with Crippen LogP contribution in [0.1, 0.15) is 18.4 Å². The second-order valence-corrected chi connectivity index (χ2v) is 6.98. The van der Waals surface area contributed by atoms with Crippen LogP contribution in [-0.4, -0.2) is 48.2 Å². The smallest absolute Gasteiger partial charge is 0.218 e. The SMILES string of the molecule is COc1cc(N(C)C2CCCN(c3ncc(Br)cc3C)C2)ncn1. The summed E-state index contributed by atoms with van der Waals surface area (Å²) < 4.78 is 6.22. The second kappa shape index (κ2) is 7.34. The number of pyridine rings is 1. The number of likely N-dealkylation sites (N-methyl/N-ethyl adjacent to an activating group) is 1. The van der Waals surface area contributed by atoms with E-state index in [1.165, 1.54) is 5.56 Å². The molecule has 0 N–H and O–H groups in total. The van der Waals surface area contributed by atoms with Gasteiger partial charge in [-0.2, -0.15) is 0 Å². The molecular formula is C17H22BrN5O. The summed E-state index contributed by atoms with van der Waals surface area (Å²) in [5, 5.41) is 0. The Labute approximate surface area is 151 Å². The van der Waals surface area contributed by atoms with Crippen molar-refractivity contribution in [3.05, 3.63) is 34.7 Å². The van der Waals surface area contributed by atoms with Gasteiger partial charge in [-0.1, -0.05) is 0 Å². The molecule has 0 saturated carbocycles. The summed E-state index contributed by atoms with van der Waals surface area (Å²) >= 11 is 3.48. The molecule has 0 bridgehead atoms. The Morgan fingerprint density at radius 1 is 1.29 bits per heavy atom. The second-order valence-electron chi connectivity index (χ2n) is 6.07. The van der Waals surface area contributed by atoms with Crippen molar-refractivity contribution < 1.29 is 4.74 Å². The van der Waals surface area contributed by atoms with Gasteiger partial charge in [-0.25, -0.2) is 15.0 Å². The molecule has 24 heavy (non-hydrogen) atoms. The highest BCUT2D eigenvalue weighted by atomic mass is 79.9. The van der Waals surface area contributed by atoms with Crippen LogP contribution in [0, 0.1) is 6.92 Å². The van der Waals surface area contributed by atoms with Crippen LogP contribution in [-0.2, 0) is 0 Å². The van der Waals surface area contributed by atoms with Gasteiger partial charge in [0, 0.05) is 42.9 Å². The van der Waals surface area contributed by atoms with Gasteiger partial charge in [-0.15, -0.1) is 0 Å². The topological polar surface area (TPSA) is 54.4 Å². The van der Waals surface area contributed by atoms with E-state index in [-0.39, 0.29) is 0 Å². The molecule has 1 fully saturated rings. The summed E-state index contributed by atoms with van der Waals surface area (Å²) in [5.41, 5.74) is 1.19. The number of halogens is 1. The van der Waals surface area contributed by atoms with E-state index in [1.807, 2.05) is 12.3 Å². The van der Waals surface area contributed by atoms with Crippen molar-refractivity contribution in [1.82, 2.24) is 15.0 Å². The van der Waals surface area contributed by atoms with Gasteiger partial charge < -0.3 is 14.5 Å². The van der Waals surface area contributed by atoms with Crippen molar-refractivity contribution in [2.24, 2.45) is 0 Å². The normalized spacial score (nSPS) is 17.7. The van der Waals surface area contributed by atoms with E-state index in [0.29, 0.717) is 11.9 Å². The molecule has 7 heteroatoms. The minimum absolute atomic E-state index is 0.378. The van der Waals surface area contributed by atoms with Crippen molar-refractivity contribution in [1.29, 1.82) is 0 Å². The number of hydrogen-bond donors (Lipinski definition) is 0. The molecule has 128 valence electrons. The van der Waals surface area contributed by atoms with E-state index in [4.69, 9.17) is 4.74 Å². The predicted molar refractivity (Wildman–Crippen MR) is 98.9 cm³/mol. The maximum atomic E-state index is 5.21. The van der Waals surface area contributed by atoms with Crippen LogP contribution in [0.2, 0.25) is 0 Å². The van der Waals surface area contributed by atoms with Crippen molar-refractivity contribution >= 4 is 27.6 Å². The van der Waals surface area contributed by atoms with E-state index in [0.717, 1.165) is 42.0 Å². The van der Waals surface area contributed by atoms with Crippen molar-refractivity contribution in [3.63, 3.8) is 0 Å². The zero-order valence-electron chi connectivity index (χ0n) is 14.2. The summed E-state index contributed by atoms with van der Waals surface area (Å²) in [6, 6.07) is 4.37. The molecule has 0 amide bonds. The summed E-state index contributed by atoms with van der Waals surface area (Å²) in [7, 11) is 3.70. The molecule has 1 unspecified atom stereocenters. The monoisotopic (exact) mass is 391 g/mol. The highest BCUT2D eigenvalue weighted by Gasteiger charge is 2.26. The minimum Gasteiger partial charge on any atom is -0.481 e. The molecule has 3 heterocycles. The number of ether oxygens (including phenoxy) is 1. The zero-order chi connectivity index (χ0) is 17.1. The maximum absolute atomic E-state index is 5.21. The van der Waals surface area contributed by atoms with Gasteiger partial charge in [0.2, 0.25) is 5.88 Å². The fourth-order valence-electron chi connectivity index (χ4n) is 3.15. The number of piperidine rings is 1. The molecule has 1 saturated heterocycles. The molecule has 0 spiro atoms. The van der Waals surface area contributed by atoms with Crippen molar-refractivity contribution in [2.75, 3.05) is 37.0 Å². The molecule has 1 atom stereocenters. The van der Waals surface area contributed by atoms with Crippen molar-refractivity contribution in [2.45, 2.75) is 25.8 Å². The fraction of sp³-hybridized carbons (Fsp3) is 0.471. The number of hydrogen-bond acceptors (Lipinski definition) is 6. The lowest BCUT2D eigenvalue weighted by Crippen LogP contribution is -2.47. The zero-order valence-corrected chi connectivity index (χ0v) is 15.8. The predicted octanol–water partition coefficient (Wildman–Crippen LogP) is 3.06. The van der Waals surface area contributed by atoms with Crippen LogP contribution in [0.25, 0.3) is 0 Å². The third kappa shape index (κ3) is 3.61. The molecule has 3 rings (SSSR count). The first kappa shape index (κ1) is 17.0. The molecule has 0 aromatic carbocycles. The third-order valence-corrected chi connectivity index (χ3v) is 4.89. The Balaban J connectivity index is 1.77. The summed E-state index contributed by atoms with van der Waals surface area (Å²) in [5.74, 6) is 2.54. The number of aryl methyl sites for hydroxylation is 1. The molecule has 0 radical (unpaired) electrons. The number of methoxy groups -OCH3 is 1. The van der Waals surface area contributed by atoms with Gasteiger partial charge in [-0.3, -0.25) is 0 Å². The Kier molecular flexibility index (Phi) is 5.18. The van der Waals surface area contributed by atoms with Gasteiger partial charge in [-0.05, 0) is 47.3 Å². The van der Waals surface area contributed by atoms with E-state index in [9.17, 15) is 0 Å². The lowest BCUT2D eigenvalue weighted by atomic mass is 10.0. The molecule has 2 aromatic heterocycles. The first-order valence-electron chi connectivity index (χ1n) is 8.04. The number of aromatic nitrogens is 3. The molecule has 1 aliphatic heterocycles. The summed E-state index contributed by atoms with van der Waals surface area (Å²) in [4.78, 5) is 17.7. The van der Waals surface area contributed by atoms with E-state index >= 15 is 0 Å². The van der Waals surface area contributed by atoms with Crippen LogP contribution < -0.4 is 14.5 Å². The summed E-state index contributed by atoms with van der Waals surface area (Å²) in [6.07, 6.45) is 5.68. The van der Waals surface area contributed by atoms with Crippen LogP contribution >= 0.6 is 15.9 Å². The average molecular weight is 392 g/mol. The van der Waals surface area contributed by atoms with Gasteiger partial charge in [0.15, 0.2) is 0 Å². The molecular weight excluding hydrogens is 370 g/mol. The molecule has 6 nitrogen and oxygen atoms in total. The Bertz CT molecular complexity index is 711. The van der Waals surface area contributed by atoms with Gasteiger partial charge >= 0.3 is 0 Å². The lowest BCUT2D eigenvalue weighted by molar-refractivity contribution is 0.396. The maximum Gasteiger partial charge on any atom is 0.218 e. The quantitative estimate of drug-likeness (QED) is 0.797. The lowest BCUT2D eigenvalue weighted by Gasteiger charge is -2.39. The van der Waals surface area contributed by atoms with E-state index in [2.05, 4.69) is 60.7 Å². The van der Waals surface area contributed by atoms with Crippen LogP contribution in [0.5, 0.6) is 5.88 Å². The molecule has 1 aliphatic rings. The van der Waals surface area contributed by atoms with Crippen LogP contribution in [0.3, 0.4) is 0 Å². The van der Waals surface area contributed by atoms with Crippen LogP contribution in [0.15, 0.2) is 29.1 Å². The number of anilines is 2. The number of rotatable bonds is 4. The molecule has 2 aromatic rings. The van der Waals surface area contributed by atoms with Gasteiger partial charge in [0.25, 0.3) is 0 Å². The third-order valence-electron chi connectivity index (χ3n) is 4.46. The summed E-state index contributed by atoms with van der Waals surface area (Å²) in [6.45, 7) is 4.07. The fourth-order valence-corrected chi connectivity index (χ4v) is 3.59. The largest absolute Gasteiger partial charge is 0.481 e. The first-order chi connectivity index (χ1) is 11.6. The standard InChI is InChI=1S/C17H22BrN5O/c1-12-7-13(18)9-19-17(12)23-6-4-5-14(10-23)22(2)15-8-16(24-3)21-11-20-15/h7-9,11,14H,4-6,10H2,1-3H3. The highest BCUT2D eigenvalue weighted by molar-refractivity contribution is 9.10. The number of nitrogens with zero attached hydrogens (tertiary/aromatic N) is 5. The minimum atomic E-state index is 0.378. The van der Waals surface area contributed by atoms with Gasteiger partial charge in [0.1, 0.15) is 18.0 Å². The van der Waals surface area contributed by atoms with Gasteiger partial charge in [0.05, 0.1) is 7.11 Å². The average Bonchev–Trinajstić information content (AvgIpc) is 2.61. The Morgan fingerprint density at radius 3 is 2.88 bits per heavy atom. The Morgan fingerprint density at radius 2 is 2.12 bits per heavy atom. The van der Waals surface area contributed by atoms with E-state index in [1.54, 1.807) is 13.4 Å².